The lowest BCUT2D eigenvalue weighted by Gasteiger charge is -2.31. The number of hydrogen-bond acceptors (Lipinski definition) is 4. The average Bonchev–Trinajstić information content (AvgIpc) is 3.09. The first kappa shape index (κ1) is 19.2. The Kier molecular flexibility index (Phi) is 6.82. The number of nitrogens with zero attached hydrogens (tertiary/aromatic N) is 1. The maximum Gasteiger partial charge on any atom is 0.241 e. The minimum Gasteiger partial charge on any atom is -0.497 e. The number of nitrogens with one attached hydrogen (secondary N) is 2. The van der Waals surface area contributed by atoms with Gasteiger partial charge in [-0.05, 0) is 36.5 Å². The number of methoxy groups -OCH3 is 1. The van der Waals surface area contributed by atoms with E-state index in [0.717, 1.165) is 30.7 Å². The fourth-order valence-corrected chi connectivity index (χ4v) is 3.22. The van der Waals surface area contributed by atoms with Crippen molar-refractivity contribution >= 4 is 11.8 Å². The minimum absolute atomic E-state index is 0.00798. The van der Waals surface area contributed by atoms with Gasteiger partial charge in [-0.3, -0.25) is 14.5 Å². The Morgan fingerprint density at radius 3 is 2.52 bits per heavy atom. The van der Waals surface area contributed by atoms with Gasteiger partial charge in [-0.2, -0.15) is 0 Å². The molecule has 6 nitrogen and oxygen atoms in total. The molecule has 0 spiro atoms. The van der Waals surface area contributed by atoms with Crippen molar-refractivity contribution in [1.29, 1.82) is 0 Å². The summed E-state index contributed by atoms with van der Waals surface area (Å²) in [5.41, 5.74) is 0.865. The van der Waals surface area contributed by atoms with Gasteiger partial charge in [0.2, 0.25) is 11.8 Å². The monoisotopic (exact) mass is 347 g/mol. The van der Waals surface area contributed by atoms with Crippen LogP contribution in [0, 0.1) is 5.92 Å². The lowest BCUT2D eigenvalue weighted by molar-refractivity contribution is -0.131. The molecule has 1 saturated heterocycles. The lowest BCUT2D eigenvalue weighted by Crippen LogP contribution is -2.49. The quantitative estimate of drug-likeness (QED) is 0.788. The van der Waals surface area contributed by atoms with Crippen LogP contribution in [0.3, 0.4) is 0 Å². The zero-order valence-electron chi connectivity index (χ0n) is 15.5. The van der Waals surface area contributed by atoms with Crippen molar-refractivity contribution in [1.82, 2.24) is 15.5 Å². The summed E-state index contributed by atoms with van der Waals surface area (Å²) in [6, 6.07) is 6.71. The van der Waals surface area contributed by atoms with E-state index in [1.54, 1.807) is 14.2 Å². The molecule has 0 aliphatic carbocycles. The number of benzene rings is 1. The van der Waals surface area contributed by atoms with Crippen LogP contribution in [-0.2, 0) is 9.59 Å². The van der Waals surface area contributed by atoms with E-state index in [2.05, 4.69) is 24.5 Å². The highest BCUT2D eigenvalue weighted by Crippen LogP contribution is 2.31. The second kappa shape index (κ2) is 8.85. The fraction of sp³-hybridized carbons (Fsp3) is 0.579. The summed E-state index contributed by atoms with van der Waals surface area (Å²) in [7, 11) is 3.24. The summed E-state index contributed by atoms with van der Waals surface area (Å²) in [6.45, 7) is 5.51. The first-order chi connectivity index (χ1) is 12.0. The van der Waals surface area contributed by atoms with Crippen LogP contribution in [0.25, 0.3) is 0 Å². The second-order valence-electron chi connectivity index (χ2n) is 6.82. The van der Waals surface area contributed by atoms with Gasteiger partial charge in [0, 0.05) is 20.1 Å². The van der Waals surface area contributed by atoms with E-state index in [1.807, 2.05) is 29.2 Å². The van der Waals surface area contributed by atoms with Crippen molar-refractivity contribution in [2.24, 2.45) is 5.92 Å². The van der Waals surface area contributed by atoms with E-state index in [4.69, 9.17) is 4.74 Å². The molecule has 1 aromatic carbocycles. The predicted molar refractivity (Wildman–Crippen MR) is 97.4 cm³/mol. The molecule has 2 atom stereocenters. The van der Waals surface area contributed by atoms with Gasteiger partial charge in [0.1, 0.15) is 11.8 Å². The van der Waals surface area contributed by atoms with Gasteiger partial charge in [0.25, 0.3) is 0 Å². The highest BCUT2D eigenvalue weighted by molar-refractivity contribution is 5.86. The number of amides is 2. The number of likely N-dealkylation sites (N-methyl/N-ethyl adjacent to an activating group) is 1. The van der Waals surface area contributed by atoms with Crippen LogP contribution in [-0.4, -0.2) is 50.0 Å². The normalized spacial score (nSPS) is 18.8. The van der Waals surface area contributed by atoms with E-state index >= 15 is 0 Å². The molecule has 1 fully saturated rings. The molecular weight excluding hydrogens is 318 g/mol. The summed E-state index contributed by atoms with van der Waals surface area (Å²) in [6.07, 6.45) is 1.68. The van der Waals surface area contributed by atoms with Gasteiger partial charge in [0.05, 0.1) is 13.2 Å². The van der Waals surface area contributed by atoms with Crippen LogP contribution in [0.2, 0.25) is 0 Å². The summed E-state index contributed by atoms with van der Waals surface area (Å²) in [5.74, 6) is 1.05. The SMILES string of the molecule is CNC(=O)[C@@H](c1ccc(OC)cc1)N1CCC[C@H]1C(=O)NCC(C)C. The summed E-state index contributed by atoms with van der Waals surface area (Å²) in [5, 5.41) is 5.74. The average molecular weight is 347 g/mol. The maximum absolute atomic E-state index is 12.6. The third-order valence-electron chi connectivity index (χ3n) is 4.54. The van der Waals surface area contributed by atoms with Crippen LogP contribution in [0.4, 0.5) is 0 Å². The summed E-state index contributed by atoms with van der Waals surface area (Å²) < 4.78 is 5.20. The molecule has 0 radical (unpaired) electrons. The molecule has 1 aromatic rings. The molecule has 6 heteroatoms. The largest absolute Gasteiger partial charge is 0.497 e. The highest BCUT2D eigenvalue weighted by atomic mass is 16.5. The Balaban J connectivity index is 2.23. The molecule has 2 N–H and O–H groups in total. The van der Waals surface area contributed by atoms with Gasteiger partial charge >= 0.3 is 0 Å². The molecule has 1 heterocycles. The number of carbonyl (C=O) groups excluding carboxylic acids is 2. The van der Waals surface area contributed by atoms with Crippen LogP contribution in [0.5, 0.6) is 5.75 Å². The smallest absolute Gasteiger partial charge is 0.241 e. The zero-order valence-corrected chi connectivity index (χ0v) is 15.5. The molecule has 2 rings (SSSR count). The molecule has 0 bridgehead atoms. The highest BCUT2D eigenvalue weighted by Gasteiger charge is 2.39. The van der Waals surface area contributed by atoms with Gasteiger partial charge in [-0.25, -0.2) is 0 Å². The third kappa shape index (κ3) is 4.72. The molecule has 0 unspecified atom stereocenters. The first-order valence-electron chi connectivity index (χ1n) is 8.87. The molecule has 0 saturated carbocycles. The molecule has 2 amide bonds. The Hall–Kier alpha value is -2.08. The van der Waals surface area contributed by atoms with Crippen LogP contribution in [0.1, 0.15) is 38.3 Å². The summed E-state index contributed by atoms with van der Waals surface area (Å²) >= 11 is 0. The standard InChI is InChI=1S/C19H29N3O3/c1-13(2)12-21-18(23)16-6-5-11-22(16)17(19(24)20-3)14-7-9-15(25-4)10-8-14/h7-10,13,16-17H,5-6,11-12H2,1-4H3,(H,20,24)(H,21,23)/t16-,17+/m0/s1. The molecule has 25 heavy (non-hydrogen) atoms. The van der Waals surface area contributed by atoms with Crippen molar-refractivity contribution in [3.63, 3.8) is 0 Å². The number of likely N-dealkylation sites (tertiary alicyclic amines) is 1. The van der Waals surface area contributed by atoms with Gasteiger partial charge in [-0.1, -0.05) is 26.0 Å². The van der Waals surface area contributed by atoms with Gasteiger partial charge in [-0.15, -0.1) is 0 Å². The van der Waals surface area contributed by atoms with E-state index in [9.17, 15) is 9.59 Å². The first-order valence-corrected chi connectivity index (χ1v) is 8.87. The number of rotatable bonds is 7. The summed E-state index contributed by atoms with van der Waals surface area (Å²) in [4.78, 5) is 27.2. The Labute approximate surface area is 149 Å². The topological polar surface area (TPSA) is 70.7 Å². The second-order valence-corrected chi connectivity index (χ2v) is 6.82. The van der Waals surface area contributed by atoms with Gasteiger partial charge in [0.15, 0.2) is 0 Å². The van der Waals surface area contributed by atoms with Crippen LogP contribution in [0.15, 0.2) is 24.3 Å². The zero-order chi connectivity index (χ0) is 18.4. The van der Waals surface area contributed by atoms with Gasteiger partial charge < -0.3 is 15.4 Å². The van der Waals surface area contributed by atoms with Crippen molar-refractivity contribution in [3.05, 3.63) is 29.8 Å². The van der Waals surface area contributed by atoms with Crippen molar-refractivity contribution in [2.75, 3.05) is 27.2 Å². The lowest BCUT2D eigenvalue weighted by atomic mass is 10.0. The van der Waals surface area contributed by atoms with E-state index < -0.39 is 6.04 Å². The minimum atomic E-state index is -0.479. The Morgan fingerprint density at radius 1 is 1.28 bits per heavy atom. The molecule has 138 valence electrons. The van der Waals surface area contributed by atoms with Crippen molar-refractivity contribution in [2.45, 2.75) is 38.8 Å². The van der Waals surface area contributed by atoms with Crippen molar-refractivity contribution < 1.29 is 14.3 Å². The molecular formula is C19H29N3O3. The molecule has 1 aliphatic heterocycles. The van der Waals surface area contributed by atoms with Crippen molar-refractivity contribution in [3.8, 4) is 5.75 Å². The van der Waals surface area contributed by atoms with Crippen LogP contribution < -0.4 is 15.4 Å². The number of hydrogen-bond donors (Lipinski definition) is 2. The predicted octanol–water partition coefficient (Wildman–Crippen LogP) is 1.72. The van der Waals surface area contributed by atoms with E-state index in [0.29, 0.717) is 12.5 Å². The van der Waals surface area contributed by atoms with Crippen LogP contribution >= 0.6 is 0 Å². The Morgan fingerprint density at radius 2 is 1.96 bits per heavy atom. The fourth-order valence-electron chi connectivity index (χ4n) is 3.22. The third-order valence-corrected chi connectivity index (χ3v) is 4.54. The van der Waals surface area contributed by atoms with E-state index in [1.165, 1.54) is 0 Å². The van der Waals surface area contributed by atoms with E-state index in [-0.39, 0.29) is 17.9 Å². The molecule has 1 aliphatic rings. The number of ether oxygens (including phenoxy) is 1. The number of carbonyl (C=O) groups is 2. The molecule has 0 aromatic heterocycles. The maximum atomic E-state index is 12.6. The Bertz CT molecular complexity index is 586.